The van der Waals surface area contributed by atoms with Crippen molar-refractivity contribution >= 4 is 6.29 Å². The zero-order valence-corrected chi connectivity index (χ0v) is 6.62. The molecular weight excluding hydrogens is 138 g/mol. The summed E-state index contributed by atoms with van der Waals surface area (Å²) in [7, 11) is 0. The van der Waals surface area contributed by atoms with Crippen molar-refractivity contribution in [3.63, 3.8) is 0 Å². The summed E-state index contributed by atoms with van der Waals surface area (Å²) < 4.78 is 0. The molecule has 60 valence electrons. The lowest BCUT2D eigenvalue weighted by Gasteiger charge is -2.28. The summed E-state index contributed by atoms with van der Waals surface area (Å²) in [5.41, 5.74) is 0. The van der Waals surface area contributed by atoms with Crippen LogP contribution in [0.5, 0.6) is 0 Å². The summed E-state index contributed by atoms with van der Waals surface area (Å²) in [6.45, 7) is 1.96. The first-order valence-corrected chi connectivity index (χ1v) is 4.04. The lowest BCUT2D eigenvalue weighted by atomic mass is 10.1. The summed E-state index contributed by atoms with van der Waals surface area (Å²) in [6, 6.07) is -0.282. The van der Waals surface area contributed by atoms with E-state index in [4.69, 9.17) is 6.42 Å². The molecule has 0 spiro atoms. The number of nitrogens with zero attached hydrogens (tertiary/aromatic N) is 1. The molecule has 0 aromatic rings. The van der Waals surface area contributed by atoms with Gasteiger partial charge in [0.15, 0.2) is 0 Å². The second-order valence-corrected chi connectivity index (χ2v) is 2.84. The molecule has 1 aliphatic rings. The van der Waals surface area contributed by atoms with Gasteiger partial charge in [-0.05, 0) is 25.9 Å². The Morgan fingerprint density at radius 1 is 1.36 bits per heavy atom. The van der Waals surface area contributed by atoms with Crippen molar-refractivity contribution in [2.75, 3.05) is 13.1 Å². The van der Waals surface area contributed by atoms with Crippen LogP contribution in [-0.2, 0) is 4.79 Å². The lowest BCUT2D eigenvalue weighted by Crippen LogP contribution is -2.39. The minimum absolute atomic E-state index is 0.282. The quantitative estimate of drug-likeness (QED) is 0.427. The summed E-state index contributed by atoms with van der Waals surface area (Å²) in [5, 5.41) is 0. The van der Waals surface area contributed by atoms with Gasteiger partial charge in [0.2, 0.25) is 0 Å². The summed E-state index contributed by atoms with van der Waals surface area (Å²) in [4.78, 5) is 12.5. The molecule has 1 atom stereocenters. The molecular formula is C9H13NO. The molecule has 1 rings (SSSR count). The van der Waals surface area contributed by atoms with Crippen LogP contribution in [0.1, 0.15) is 19.3 Å². The molecule has 1 fully saturated rings. The maximum atomic E-state index is 10.5. The van der Waals surface area contributed by atoms with Crippen LogP contribution in [0.4, 0.5) is 0 Å². The number of carbonyl (C=O) groups is 1. The van der Waals surface area contributed by atoms with Gasteiger partial charge in [-0.25, -0.2) is 0 Å². The fourth-order valence-corrected chi connectivity index (χ4v) is 1.43. The molecule has 1 saturated heterocycles. The third-order valence-corrected chi connectivity index (χ3v) is 2.08. The van der Waals surface area contributed by atoms with Gasteiger partial charge in [-0.15, -0.1) is 6.42 Å². The SMILES string of the molecule is C#CC(C=O)N1CCCCC1. The van der Waals surface area contributed by atoms with Crippen molar-refractivity contribution < 1.29 is 4.79 Å². The van der Waals surface area contributed by atoms with E-state index < -0.39 is 0 Å². The zero-order valence-electron chi connectivity index (χ0n) is 6.62. The molecule has 0 bridgehead atoms. The molecule has 0 radical (unpaired) electrons. The standard InChI is InChI=1S/C9H13NO/c1-2-9(8-11)10-6-4-3-5-7-10/h1,8-9H,3-7H2. The predicted molar refractivity (Wildman–Crippen MR) is 44.1 cm³/mol. The molecule has 1 aliphatic heterocycles. The second kappa shape index (κ2) is 4.15. The topological polar surface area (TPSA) is 20.3 Å². The average molecular weight is 151 g/mol. The minimum atomic E-state index is -0.282. The molecule has 0 aromatic heterocycles. The van der Waals surface area contributed by atoms with Crippen LogP contribution >= 0.6 is 0 Å². The van der Waals surface area contributed by atoms with Gasteiger partial charge in [0, 0.05) is 0 Å². The Bertz CT molecular complexity index is 165. The smallest absolute Gasteiger partial charge is 0.149 e. The first-order valence-electron chi connectivity index (χ1n) is 4.04. The molecule has 0 saturated carbocycles. The molecule has 1 heterocycles. The van der Waals surface area contributed by atoms with Gasteiger partial charge >= 0.3 is 0 Å². The van der Waals surface area contributed by atoms with Crippen LogP contribution in [0.2, 0.25) is 0 Å². The summed E-state index contributed by atoms with van der Waals surface area (Å²) in [5.74, 6) is 2.48. The Labute approximate surface area is 67.6 Å². The fourth-order valence-electron chi connectivity index (χ4n) is 1.43. The van der Waals surface area contributed by atoms with Gasteiger partial charge < -0.3 is 4.79 Å². The molecule has 0 aliphatic carbocycles. The van der Waals surface area contributed by atoms with E-state index in [2.05, 4.69) is 10.8 Å². The Kier molecular flexibility index (Phi) is 3.13. The molecule has 0 amide bonds. The Morgan fingerprint density at radius 2 is 2.00 bits per heavy atom. The van der Waals surface area contributed by atoms with Gasteiger partial charge in [0.05, 0.1) is 0 Å². The van der Waals surface area contributed by atoms with Crippen molar-refractivity contribution in [2.24, 2.45) is 0 Å². The number of rotatable bonds is 2. The third kappa shape index (κ3) is 2.06. The van der Waals surface area contributed by atoms with Gasteiger partial charge in [0.25, 0.3) is 0 Å². The fraction of sp³-hybridized carbons (Fsp3) is 0.667. The first-order chi connectivity index (χ1) is 5.38. The van der Waals surface area contributed by atoms with Gasteiger partial charge in [-0.3, -0.25) is 4.90 Å². The maximum absolute atomic E-state index is 10.5. The Morgan fingerprint density at radius 3 is 2.45 bits per heavy atom. The van der Waals surface area contributed by atoms with Gasteiger partial charge in [0.1, 0.15) is 12.3 Å². The van der Waals surface area contributed by atoms with Gasteiger partial charge in [-0.1, -0.05) is 12.3 Å². The number of aldehydes is 1. The Balaban J connectivity index is 2.44. The van der Waals surface area contributed by atoms with E-state index in [1.807, 2.05) is 0 Å². The van der Waals surface area contributed by atoms with E-state index in [9.17, 15) is 4.79 Å². The van der Waals surface area contributed by atoms with E-state index >= 15 is 0 Å². The number of hydrogen-bond acceptors (Lipinski definition) is 2. The van der Waals surface area contributed by atoms with E-state index in [1.165, 1.54) is 19.3 Å². The highest BCUT2D eigenvalue weighted by atomic mass is 16.1. The van der Waals surface area contributed by atoms with Crippen LogP contribution in [0.15, 0.2) is 0 Å². The molecule has 11 heavy (non-hydrogen) atoms. The number of piperidine rings is 1. The van der Waals surface area contributed by atoms with Crippen LogP contribution < -0.4 is 0 Å². The van der Waals surface area contributed by atoms with Crippen molar-refractivity contribution in [1.82, 2.24) is 4.90 Å². The number of carbonyl (C=O) groups excluding carboxylic acids is 1. The minimum Gasteiger partial charge on any atom is -0.301 e. The molecule has 0 aromatic carbocycles. The van der Waals surface area contributed by atoms with Crippen LogP contribution in [0.25, 0.3) is 0 Å². The third-order valence-electron chi connectivity index (χ3n) is 2.08. The van der Waals surface area contributed by atoms with Crippen molar-refractivity contribution in [1.29, 1.82) is 0 Å². The summed E-state index contributed by atoms with van der Waals surface area (Å²) >= 11 is 0. The van der Waals surface area contributed by atoms with Gasteiger partial charge in [-0.2, -0.15) is 0 Å². The van der Waals surface area contributed by atoms with Crippen LogP contribution in [0, 0.1) is 12.3 Å². The number of terminal acetylenes is 1. The maximum Gasteiger partial charge on any atom is 0.149 e. The summed E-state index contributed by atoms with van der Waals surface area (Å²) in [6.07, 6.45) is 9.66. The number of hydrogen-bond donors (Lipinski definition) is 0. The lowest BCUT2D eigenvalue weighted by molar-refractivity contribution is -0.111. The first kappa shape index (κ1) is 8.29. The van der Waals surface area contributed by atoms with E-state index in [0.717, 1.165) is 19.4 Å². The Hall–Kier alpha value is -0.810. The number of likely N-dealkylation sites (tertiary alicyclic amines) is 1. The van der Waals surface area contributed by atoms with E-state index in [1.54, 1.807) is 0 Å². The van der Waals surface area contributed by atoms with Crippen molar-refractivity contribution in [3.05, 3.63) is 0 Å². The van der Waals surface area contributed by atoms with Crippen LogP contribution in [-0.4, -0.2) is 30.3 Å². The van der Waals surface area contributed by atoms with E-state index in [-0.39, 0.29) is 6.04 Å². The normalized spacial score (nSPS) is 22.1. The van der Waals surface area contributed by atoms with Crippen molar-refractivity contribution in [2.45, 2.75) is 25.3 Å². The monoisotopic (exact) mass is 151 g/mol. The highest BCUT2D eigenvalue weighted by Gasteiger charge is 2.16. The molecule has 0 N–H and O–H groups in total. The predicted octanol–water partition coefficient (Wildman–Crippen LogP) is 0.673. The second-order valence-electron chi connectivity index (χ2n) is 2.84. The molecule has 2 nitrogen and oxygen atoms in total. The molecule has 1 unspecified atom stereocenters. The highest BCUT2D eigenvalue weighted by Crippen LogP contribution is 2.10. The van der Waals surface area contributed by atoms with E-state index in [0.29, 0.717) is 0 Å². The van der Waals surface area contributed by atoms with Crippen molar-refractivity contribution in [3.8, 4) is 12.3 Å². The zero-order chi connectivity index (χ0) is 8.10. The largest absolute Gasteiger partial charge is 0.301 e. The highest BCUT2D eigenvalue weighted by molar-refractivity contribution is 5.62. The molecule has 2 heteroatoms. The van der Waals surface area contributed by atoms with Crippen LogP contribution in [0.3, 0.4) is 0 Å². The average Bonchev–Trinajstić information content (AvgIpc) is 2.09.